The van der Waals surface area contributed by atoms with Gasteiger partial charge in [-0.2, -0.15) is 0 Å². The molecule has 32 heavy (non-hydrogen) atoms. The molecule has 0 bridgehead atoms. The Hall–Kier alpha value is -2.64. The fraction of sp³-hybridized carbons (Fsp3) is 0. The maximum Gasteiger partial charge on any atom is 0.206 e. The quantitative estimate of drug-likeness (QED) is 0.319. The van der Waals surface area contributed by atoms with Crippen LogP contribution in [0, 0.1) is 0 Å². The van der Waals surface area contributed by atoms with Crippen LogP contribution in [0.2, 0.25) is 10.0 Å². The molecule has 0 saturated heterocycles. The molecule has 4 aromatic carbocycles. The van der Waals surface area contributed by atoms with Gasteiger partial charge in [0.05, 0.1) is 19.6 Å². The van der Waals surface area contributed by atoms with Crippen LogP contribution in [0.25, 0.3) is 11.1 Å². The number of hydrogen-bond acceptors (Lipinski definition) is 4. The molecule has 0 aromatic heterocycles. The summed E-state index contributed by atoms with van der Waals surface area (Å²) in [6.45, 7) is 0. The van der Waals surface area contributed by atoms with E-state index in [0.717, 1.165) is 11.1 Å². The van der Waals surface area contributed by atoms with Gasteiger partial charge in [-0.05, 0) is 83.9 Å². The second-order valence-corrected chi connectivity index (χ2v) is 11.7. The summed E-state index contributed by atoms with van der Waals surface area (Å²) in [7, 11) is -7.60. The maximum atomic E-state index is 13.0. The standard InChI is InChI=1S/C24H16Cl2O4S2/c25-19-5-1-17(2-6-19)18-3-9-21(10-4-18)31(27,28)23-13-15-24(16-14-23)32(29,30)22-11-7-20(26)8-12-22/h1-16H. The molecule has 0 heterocycles. The van der Waals surface area contributed by atoms with Crippen molar-refractivity contribution in [2.24, 2.45) is 0 Å². The summed E-state index contributed by atoms with van der Waals surface area (Å²) in [5.41, 5.74) is 1.76. The number of halogens is 2. The Morgan fingerprint density at radius 3 is 0.938 bits per heavy atom. The summed E-state index contributed by atoms with van der Waals surface area (Å²) >= 11 is 11.7. The lowest BCUT2D eigenvalue weighted by Crippen LogP contribution is -2.05. The molecule has 0 atom stereocenters. The predicted octanol–water partition coefficient (Wildman–Crippen LogP) is 6.33. The molecule has 4 rings (SSSR count). The second kappa shape index (κ2) is 8.71. The van der Waals surface area contributed by atoms with Gasteiger partial charge in [0.1, 0.15) is 0 Å². The lowest BCUT2D eigenvalue weighted by Gasteiger charge is -2.09. The molecule has 0 amide bonds. The summed E-state index contributed by atoms with van der Waals surface area (Å²) in [5, 5.41) is 1.04. The summed E-state index contributed by atoms with van der Waals surface area (Å²) in [6, 6.07) is 24.7. The van der Waals surface area contributed by atoms with Crippen LogP contribution in [0.4, 0.5) is 0 Å². The Bertz CT molecular complexity index is 1460. The molecule has 4 nitrogen and oxygen atoms in total. The molecule has 0 aliphatic heterocycles. The zero-order valence-electron chi connectivity index (χ0n) is 16.4. The zero-order chi connectivity index (χ0) is 22.9. The largest absolute Gasteiger partial charge is 0.219 e. The molecular weight excluding hydrogens is 487 g/mol. The van der Waals surface area contributed by atoms with E-state index in [0.29, 0.717) is 10.0 Å². The zero-order valence-corrected chi connectivity index (χ0v) is 19.6. The van der Waals surface area contributed by atoms with Crippen molar-refractivity contribution in [3.05, 3.63) is 107 Å². The van der Waals surface area contributed by atoms with E-state index in [-0.39, 0.29) is 19.6 Å². The third kappa shape index (κ3) is 4.45. The number of hydrogen-bond donors (Lipinski definition) is 0. The van der Waals surface area contributed by atoms with E-state index >= 15 is 0 Å². The van der Waals surface area contributed by atoms with Crippen molar-refractivity contribution in [1.82, 2.24) is 0 Å². The number of sulfone groups is 2. The number of rotatable bonds is 5. The van der Waals surface area contributed by atoms with E-state index in [1.165, 1.54) is 60.7 Å². The van der Waals surface area contributed by atoms with E-state index < -0.39 is 19.7 Å². The fourth-order valence-corrected chi connectivity index (χ4v) is 5.93. The molecule has 8 heteroatoms. The summed E-state index contributed by atoms with van der Waals surface area (Å²) in [4.78, 5) is 0.197. The van der Waals surface area contributed by atoms with Gasteiger partial charge in [-0.25, -0.2) is 16.8 Å². The summed E-state index contributed by atoms with van der Waals surface area (Å²) in [5.74, 6) is 0. The highest BCUT2D eigenvalue weighted by Gasteiger charge is 2.21. The molecule has 0 aliphatic carbocycles. The monoisotopic (exact) mass is 502 g/mol. The second-order valence-electron chi connectivity index (χ2n) is 6.96. The normalized spacial score (nSPS) is 11.9. The van der Waals surface area contributed by atoms with Crippen LogP contribution >= 0.6 is 23.2 Å². The van der Waals surface area contributed by atoms with Gasteiger partial charge >= 0.3 is 0 Å². The van der Waals surface area contributed by atoms with Crippen LogP contribution in [0.5, 0.6) is 0 Å². The molecule has 0 aliphatic rings. The van der Waals surface area contributed by atoms with Crippen LogP contribution in [-0.4, -0.2) is 16.8 Å². The predicted molar refractivity (Wildman–Crippen MR) is 126 cm³/mol. The van der Waals surface area contributed by atoms with Crippen molar-refractivity contribution < 1.29 is 16.8 Å². The van der Waals surface area contributed by atoms with E-state index in [1.54, 1.807) is 24.3 Å². The highest BCUT2D eigenvalue weighted by Crippen LogP contribution is 2.28. The van der Waals surface area contributed by atoms with Gasteiger partial charge in [0, 0.05) is 10.0 Å². The van der Waals surface area contributed by atoms with Gasteiger partial charge < -0.3 is 0 Å². The first-order valence-corrected chi connectivity index (χ1v) is 13.1. The highest BCUT2D eigenvalue weighted by molar-refractivity contribution is 7.92. The van der Waals surface area contributed by atoms with Crippen LogP contribution < -0.4 is 0 Å². The topological polar surface area (TPSA) is 68.3 Å². The van der Waals surface area contributed by atoms with Crippen molar-refractivity contribution in [1.29, 1.82) is 0 Å². The first kappa shape index (κ1) is 22.6. The van der Waals surface area contributed by atoms with Gasteiger partial charge in [-0.15, -0.1) is 0 Å². The SMILES string of the molecule is O=S(=O)(c1ccc(Cl)cc1)c1ccc(S(=O)(=O)c2ccc(-c3ccc(Cl)cc3)cc2)cc1. The van der Waals surface area contributed by atoms with E-state index in [4.69, 9.17) is 23.2 Å². The summed E-state index contributed by atoms with van der Waals surface area (Å²) < 4.78 is 51.6. The highest BCUT2D eigenvalue weighted by atomic mass is 35.5. The molecule has 0 radical (unpaired) electrons. The van der Waals surface area contributed by atoms with Crippen molar-refractivity contribution in [3.8, 4) is 11.1 Å². The Labute approximate surface area is 196 Å². The molecule has 0 N–H and O–H groups in total. The maximum absolute atomic E-state index is 13.0. The third-order valence-electron chi connectivity index (χ3n) is 4.91. The van der Waals surface area contributed by atoms with Gasteiger partial charge in [0.25, 0.3) is 0 Å². The van der Waals surface area contributed by atoms with Crippen LogP contribution in [0.3, 0.4) is 0 Å². The molecule has 4 aromatic rings. The Morgan fingerprint density at radius 2 is 0.594 bits per heavy atom. The van der Waals surface area contributed by atoms with E-state index in [1.807, 2.05) is 12.1 Å². The molecule has 0 unspecified atom stereocenters. The molecule has 162 valence electrons. The molecule has 0 fully saturated rings. The van der Waals surface area contributed by atoms with Gasteiger partial charge in [0.2, 0.25) is 19.7 Å². The van der Waals surface area contributed by atoms with E-state index in [9.17, 15) is 16.8 Å². The van der Waals surface area contributed by atoms with Crippen LogP contribution in [-0.2, 0) is 19.7 Å². The Balaban J connectivity index is 1.62. The minimum absolute atomic E-state index is 0.00291. The van der Waals surface area contributed by atoms with E-state index in [2.05, 4.69) is 0 Å². The van der Waals surface area contributed by atoms with Crippen molar-refractivity contribution in [3.63, 3.8) is 0 Å². The van der Waals surface area contributed by atoms with Gasteiger partial charge in [-0.3, -0.25) is 0 Å². The van der Waals surface area contributed by atoms with Gasteiger partial charge in [0.15, 0.2) is 0 Å². The fourth-order valence-electron chi connectivity index (χ4n) is 3.15. The van der Waals surface area contributed by atoms with Gasteiger partial charge in [-0.1, -0.05) is 47.5 Å². The number of benzene rings is 4. The third-order valence-corrected chi connectivity index (χ3v) is 8.99. The minimum atomic E-state index is -3.81. The minimum Gasteiger partial charge on any atom is -0.219 e. The van der Waals surface area contributed by atoms with Crippen molar-refractivity contribution in [2.45, 2.75) is 19.6 Å². The van der Waals surface area contributed by atoms with Crippen molar-refractivity contribution >= 4 is 42.9 Å². The smallest absolute Gasteiger partial charge is 0.206 e. The average molecular weight is 503 g/mol. The molecular formula is C24H16Cl2O4S2. The first-order chi connectivity index (χ1) is 15.2. The van der Waals surface area contributed by atoms with Crippen molar-refractivity contribution in [2.75, 3.05) is 0 Å². The van der Waals surface area contributed by atoms with Crippen LogP contribution in [0.1, 0.15) is 0 Å². The van der Waals surface area contributed by atoms with Crippen LogP contribution in [0.15, 0.2) is 117 Å². The first-order valence-electron chi connectivity index (χ1n) is 9.40. The Kier molecular flexibility index (Phi) is 6.14. The molecule has 0 spiro atoms. The summed E-state index contributed by atoms with van der Waals surface area (Å²) in [6.07, 6.45) is 0. The Morgan fingerprint density at radius 1 is 0.375 bits per heavy atom. The average Bonchev–Trinajstić information content (AvgIpc) is 2.80. The lowest BCUT2D eigenvalue weighted by molar-refractivity contribution is 0.592. The lowest BCUT2D eigenvalue weighted by atomic mass is 10.1. The molecule has 0 saturated carbocycles.